The number of carboxylic acid groups (broad SMARTS) is 1. The maximum atomic E-state index is 11.3. The Balaban J connectivity index is 1.20. The van der Waals surface area contributed by atoms with Crippen LogP contribution in [-0.2, 0) is 17.6 Å². The van der Waals surface area contributed by atoms with Crippen molar-refractivity contribution < 1.29 is 14.3 Å². The third kappa shape index (κ3) is 11.2. The van der Waals surface area contributed by atoms with Crippen LogP contribution in [0, 0.1) is 22.7 Å². The molecule has 7 aromatic rings. The summed E-state index contributed by atoms with van der Waals surface area (Å²) in [6.07, 6.45) is 13.9. The Morgan fingerprint density at radius 1 is 0.651 bits per heavy atom. The van der Waals surface area contributed by atoms with Crippen molar-refractivity contribution in [2.45, 2.75) is 78.1 Å². The van der Waals surface area contributed by atoms with Crippen LogP contribution in [0.5, 0.6) is 0 Å². The van der Waals surface area contributed by atoms with Gasteiger partial charge in [0.15, 0.2) is 10.0 Å². The van der Waals surface area contributed by atoms with E-state index in [-0.39, 0.29) is 5.76 Å². The zero-order chi connectivity index (χ0) is 44.0. The second kappa shape index (κ2) is 21.8. The number of anilines is 3. The Hall–Kier alpha value is -6.85. The molecule has 0 saturated heterocycles. The summed E-state index contributed by atoms with van der Waals surface area (Å²) in [4.78, 5) is 26.3. The number of aliphatic carboxylic acids is 1. The molecule has 0 aliphatic carbocycles. The number of aromatic nitrogens is 2. The van der Waals surface area contributed by atoms with Crippen molar-refractivity contribution in [1.82, 2.24) is 9.97 Å². The van der Waals surface area contributed by atoms with Gasteiger partial charge in [-0.15, -0.1) is 22.7 Å². The van der Waals surface area contributed by atoms with E-state index in [0.717, 1.165) is 111 Å². The lowest BCUT2D eigenvalue weighted by Crippen LogP contribution is -2.09. The predicted molar refractivity (Wildman–Crippen MR) is 258 cm³/mol. The van der Waals surface area contributed by atoms with Crippen LogP contribution >= 0.6 is 22.7 Å². The molecule has 0 aliphatic heterocycles. The quantitative estimate of drug-likeness (QED) is 0.0456. The largest absolute Gasteiger partial charge is 0.477 e. The SMILES string of the molecule is CCCCCCc1nc(-c2nc(CCCCCC)c(-c3ccc(N(c4ccccc4)c4ccccc4)cc3)s2)sc1/C=C(\C#N)c1ccc(-c2ccc(/C=C(/C#N)C(=O)O)o2)cc1. The first-order valence-electron chi connectivity index (χ1n) is 21.6. The summed E-state index contributed by atoms with van der Waals surface area (Å²) in [5, 5.41) is 30.6. The van der Waals surface area contributed by atoms with Crippen LogP contribution in [0.2, 0.25) is 0 Å². The fourth-order valence-electron chi connectivity index (χ4n) is 7.38. The van der Waals surface area contributed by atoms with Gasteiger partial charge in [0.2, 0.25) is 0 Å². The van der Waals surface area contributed by atoms with E-state index in [0.29, 0.717) is 11.3 Å². The normalized spacial score (nSPS) is 11.6. The molecule has 10 heteroatoms. The smallest absolute Gasteiger partial charge is 0.346 e. The van der Waals surface area contributed by atoms with Crippen molar-refractivity contribution in [1.29, 1.82) is 10.5 Å². The molecule has 0 unspecified atom stereocenters. The molecule has 0 bridgehead atoms. The standard InChI is InChI=1S/C53H49N5O3S2/c1-3-5-7-15-21-46-49(34-40(35-54)37-23-25-38(26-24-37)48-32-31-45(61-48)33-41(36-55)53(59)60)62-51(56-46)52-57-47(22-16-8-6-4-2)50(63-52)39-27-29-44(30-28-39)58(42-17-11-9-12-18-42)43-19-13-10-14-20-43/h9-14,17-20,23-34H,3-8,15-16,21-22H2,1-2H3,(H,59,60)/b40-34+,41-33-. The van der Waals surface area contributed by atoms with Crippen LogP contribution < -0.4 is 4.90 Å². The summed E-state index contributed by atoms with van der Waals surface area (Å²) >= 11 is 3.29. The molecule has 316 valence electrons. The van der Waals surface area contributed by atoms with Crippen molar-refractivity contribution in [2.24, 2.45) is 0 Å². The van der Waals surface area contributed by atoms with Crippen LogP contribution in [0.25, 0.3) is 49.5 Å². The number of furan rings is 1. The highest BCUT2D eigenvalue weighted by molar-refractivity contribution is 7.23. The summed E-state index contributed by atoms with van der Waals surface area (Å²) < 4.78 is 5.82. The fourth-order valence-corrected chi connectivity index (χ4v) is 9.57. The maximum Gasteiger partial charge on any atom is 0.346 e. The zero-order valence-electron chi connectivity index (χ0n) is 35.6. The molecule has 7 rings (SSSR count). The molecule has 4 aromatic carbocycles. The van der Waals surface area contributed by atoms with Gasteiger partial charge in [0.25, 0.3) is 0 Å². The lowest BCUT2D eigenvalue weighted by atomic mass is 10.0. The van der Waals surface area contributed by atoms with Crippen molar-refractivity contribution in [3.8, 4) is 43.9 Å². The molecule has 3 aromatic heterocycles. The second-order valence-corrected chi connectivity index (χ2v) is 17.3. The summed E-state index contributed by atoms with van der Waals surface area (Å²) in [5.41, 5.74) is 8.10. The number of para-hydroxylation sites is 2. The summed E-state index contributed by atoms with van der Waals surface area (Å²) in [7, 11) is 0. The number of rotatable bonds is 20. The van der Waals surface area contributed by atoms with Crippen LogP contribution in [0.3, 0.4) is 0 Å². The number of nitriles is 2. The van der Waals surface area contributed by atoms with Crippen LogP contribution in [0.15, 0.2) is 131 Å². The first kappa shape index (κ1) is 44.2. The molecule has 0 atom stereocenters. The van der Waals surface area contributed by atoms with Crippen LogP contribution in [-0.4, -0.2) is 21.0 Å². The van der Waals surface area contributed by atoms with Crippen molar-refractivity contribution in [3.63, 3.8) is 0 Å². The minimum absolute atomic E-state index is 0.265. The number of carbonyl (C=O) groups is 1. The van der Waals surface area contributed by atoms with Gasteiger partial charge in [-0.3, -0.25) is 0 Å². The first-order valence-corrected chi connectivity index (χ1v) is 23.2. The third-order valence-electron chi connectivity index (χ3n) is 10.7. The number of allylic oxidation sites excluding steroid dienone is 1. The molecule has 3 heterocycles. The minimum atomic E-state index is -1.32. The van der Waals surface area contributed by atoms with E-state index in [2.05, 4.69) is 97.6 Å². The highest BCUT2D eigenvalue weighted by Gasteiger charge is 2.21. The Morgan fingerprint density at radius 2 is 1.22 bits per heavy atom. The molecular formula is C53H49N5O3S2. The van der Waals surface area contributed by atoms with Gasteiger partial charge in [-0.1, -0.05) is 125 Å². The maximum absolute atomic E-state index is 11.3. The van der Waals surface area contributed by atoms with E-state index >= 15 is 0 Å². The number of hydrogen-bond donors (Lipinski definition) is 1. The summed E-state index contributed by atoms with van der Waals surface area (Å²) in [6.45, 7) is 4.44. The van der Waals surface area contributed by atoms with E-state index in [1.165, 1.54) is 23.8 Å². The molecule has 1 N–H and O–H groups in total. The number of benzene rings is 4. The number of unbranched alkanes of at least 4 members (excludes halogenated alkanes) is 6. The van der Waals surface area contributed by atoms with Crippen molar-refractivity contribution in [3.05, 3.63) is 154 Å². The van der Waals surface area contributed by atoms with E-state index in [1.807, 2.05) is 42.5 Å². The number of carboxylic acids is 1. The Labute approximate surface area is 377 Å². The van der Waals surface area contributed by atoms with Gasteiger partial charge < -0.3 is 14.4 Å². The van der Waals surface area contributed by atoms with Gasteiger partial charge in [-0.05, 0) is 91.4 Å². The van der Waals surface area contributed by atoms with Gasteiger partial charge >= 0.3 is 5.97 Å². The minimum Gasteiger partial charge on any atom is -0.477 e. The van der Waals surface area contributed by atoms with E-state index in [1.54, 1.807) is 40.9 Å². The van der Waals surface area contributed by atoms with E-state index < -0.39 is 11.5 Å². The van der Waals surface area contributed by atoms with E-state index in [4.69, 9.17) is 19.6 Å². The average Bonchev–Trinajstić information content (AvgIpc) is 4.08. The highest BCUT2D eigenvalue weighted by atomic mass is 32.1. The fraction of sp³-hybridized carbons (Fsp3) is 0.226. The number of hydrogen-bond acceptors (Lipinski definition) is 9. The van der Waals surface area contributed by atoms with Gasteiger partial charge in [0.1, 0.15) is 23.2 Å². The molecule has 0 aliphatic rings. The van der Waals surface area contributed by atoms with E-state index in [9.17, 15) is 15.2 Å². The summed E-state index contributed by atoms with van der Waals surface area (Å²) in [6, 6.07) is 44.6. The first-order chi connectivity index (χ1) is 30.9. The lowest BCUT2D eigenvalue weighted by molar-refractivity contribution is -0.132. The molecule has 0 saturated carbocycles. The van der Waals surface area contributed by atoms with Crippen molar-refractivity contribution in [2.75, 3.05) is 4.90 Å². The Morgan fingerprint density at radius 3 is 1.81 bits per heavy atom. The number of nitrogens with zero attached hydrogens (tertiary/aromatic N) is 5. The average molecular weight is 868 g/mol. The van der Waals surface area contributed by atoms with Crippen LogP contribution in [0.4, 0.5) is 17.1 Å². The van der Waals surface area contributed by atoms with Gasteiger partial charge in [0, 0.05) is 28.7 Å². The van der Waals surface area contributed by atoms with Gasteiger partial charge in [-0.25, -0.2) is 14.8 Å². The second-order valence-electron chi connectivity index (χ2n) is 15.2. The predicted octanol–water partition coefficient (Wildman–Crippen LogP) is 15.0. The molecule has 0 radical (unpaired) electrons. The lowest BCUT2D eigenvalue weighted by Gasteiger charge is -2.25. The van der Waals surface area contributed by atoms with Crippen LogP contribution in [0.1, 0.15) is 92.8 Å². The van der Waals surface area contributed by atoms with Gasteiger partial charge in [0.05, 0.1) is 32.8 Å². The van der Waals surface area contributed by atoms with Gasteiger partial charge in [-0.2, -0.15) is 10.5 Å². The third-order valence-corrected chi connectivity index (χ3v) is 13.0. The Bertz CT molecular complexity index is 2710. The monoisotopic (exact) mass is 867 g/mol. The highest BCUT2D eigenvalue weighted by Crippen LogP contribution is 2.42. The molecular weight excluding hydrogens is 819 g/mol. The van der Waals surface area contributed by atoms with Crippen molar-refractivity contribution >= 4 is 63.4 Å². The topological polar surface area (TPSA) is 127 Å². The molecule has 0 fully saturated rings. The number of aryl methyl sites for hydroxylation is 2. The molecule has 0 spiro atoms. The molecule has 0 amide bonds. The molecule has 63 heavy (non-hydrogen) atoms. The summed E-state index contributed by atoms with van der Waals surface area (Å²) in [5.74, 6) is -0.533. The zero-order valence-corrected chi connectivity index (χ0v) is 37.2. The Kier molecular flexibility index (Phi) is 15.3. The number of thiazole rings is 2. The molecule has 8 nitrogen and oxygen atoms in total.